The third kappa shape index (κ3) is 6.10. The van der Waals surface area contributed by atoms with Gasteiger partial charge in [0.25, 0.3) is 5.91 Å². The first kappa shape index (κ1) is 23.3. The maximum absolute atomic E-state index is 12.3. The van der Waals surface area contributed by atoms with Crippen LogP contribution in [0.2, 0.25) is 5.02 Å². The molecule has 0 aliphatic heterocycles. The predicted molar refractivity (Wildman–Crippen MR) is 127 cm³/mol. The minimum Gasteiger partial charge on any atom is -0.490 e. The third-order valence-corrected chi connectivity index (χ3v) is 5.24. The van der Waals surface area contributed by atoms with Crippen molar-refractivity contribution in [2.45, 2.75) is 13.5 Å². The summed E-state index contributed by atoms with van der Waals surface area (Å²) >= 11 is 9.78. The summed E-state index contributed by atoms with van der Waals surface area (Å²) in [6, 6.07) is 19.7. The number of nitrogens with zero attached hydrogens (tertiary/aromatic N) is 2. The summed E-state index contributed by atoms with van der Waals surface area (Å²) in [5.74, 6) is 0.504. The largest absolute Gasteiger partial charge is 0.490 e. The molecule has 1 amide bonds. The predicted octanol–water partition coefficient (Wildman–Crippen LogP) is 5.72. The molecular weight excluding hydrogens is 494 g/mol. The van der Waals surface area contributed by atoms with Crippen LogP contribution in [0.25, 0.3) is 0 Å². The Bertz CT molecular complexity index is 1190. The summed E-state index contributed by atoms with van der Waals surface area (Å²) in [5.41, 5.74) is 4.98. The van der Waals surface area contributed by atoms with Gasteiger partial charge >= 0.3 is 0 Å². The van der Waals surface area contributed by atoms with Crippen LogP contribution in [0, 0.1) is 11.3 Å². The second-order valence-electron chi connectivity index (χ2n) is 6.54. The van der Waals surface area contributed by atoms with Crippen molar-refractivity contribution in [2.75, 3.05) is 6.61 Å². The Morgan fingerprint density at radius 3 is 2.75 bits per heavy atom. The molecule has 0 heterocycles. The highest BCUT2D eigenvalue weighted by Crippen LogP contribution is 2.37. The minimum atomic E-state index is -0.343. The first-order valence-corrected chi connectivity index (χ1v) is 10.8. The molecule has 162 valence electrons. The maximum Gasteiger partial charge on any atom is 0.272 e. The number of benzene rings is 3. The number of rotatable bonds is 8. The van der Waals surface area contributed by atoms with Gasteiger partial charge in [-0.2, -0.15) is 10.4 Å². The standard InChI is InChI=1S/C24H19BrClN3O3/c1-2-31-22-12-18(14-28-29-24(30)19-8-3-4-9-20(19)25)11-21(26)23(22)32-15-17-7-5-6-16(10-17)13-27/h3-12,14H,2,15H2,1H3,(H,29,30)/b28-14+. The van der Waals surface area contributed by atoms with Gasteiger partial charge in [-0.3, -0.25) is 4.79 Å². The van der Waals surface area contributed by atoms with Gasteiger partial charge in [0, 0.05) is 4.47 Å². The molecule has 0 saturated heterocycles. The molecule has 0 fully saturated rings. The zero-order chi connectivity index (χ0) is 22.9. The molecule has 0 unspecified atom stereocenters. The normalized spacial score (nSPS) is 10.6. The lowest BCUT2D eigenvalue weighted by molar-refractivity contribution is 0.0954. The van der Waals surface area contributed by atoms with Crippen LogP contribution < -0.4 is 14.9 Å². The molecule has 3 rings (SSSR count). The Morgan fingerprint density at radius 2 is 2.00 bits per heavy atom. The van der Waals surface area contributed by atoms with Crippen molar-refractivity contribution in [2.24, 2.45) is 5.10 Å². The molecule has 32 heavy (non-hydrogen) atoms. The van der Waals surface area contributed by atoms with E-state index in [4.69, 9.17) is 26.3 Å². The lowest BCUT2D eigenvalue weighted by atomic mass is 10.1. The van der Waals surface area contributed by atoms with Crippen LogP contribution in [0.15, 0.2) is 70.2 Å². The van der Waals surface area contributed by atoms with E-state index in [1.807, 2.05) is 19.1 Å². The van der Waals surface area contributed by atoms with E-state index in [1.54, 1.807) is 48.5 Å². The van der Waals surface area contributed by atoms with Crippen molar-refractivity contribution < 1.29 is 14.3 Å². The van der Waals surface area contributed by atoms with E-state index in [0.717, 1.165) is 5.56 Å². The molecule has 0 atom stereocenters. The Labute approximate surface area is 199 Å². The highest BCUT2D eigenvalue weighted by molar-refractivity contribution is 9.10. The quantitative estimate of drug-likeness (QED) is 0.309. The van der Waals surface area contributed by atoms with Crippen LogP contribution in [0.1, 0.15) is 34.0 Å². The highest BCUT2D eigenvalue weighted by atomic mass is 79.9. The number of carbonyl (C=O) groups excluding carboxylic acids is 1. The smallest absolute Gasteiger partial charge is 0.272 e. The number of nitriles is 1. The van der Waals surface area contributed by atoms with Gasteiger partial charge in [0.1, 0.15) is 6.61 Å². The van der Waals surface area contributed by atoms with Crippen molar-refractivity contribution in [3.63, 3.8) is 0 Å². The van der Waals surface area contributed by atoms with Gasteiger partial charge < -0.3 is 9.47 Å². The summed E-state index contributed by atoms with van der Waals surface area (Å²) in [6.07, 6.45) is 1.48. The van der Waals surface area contributed by atoms with Gasteiger partial charge in [-0.1, -0.05) is 35.9 Å². The van der Waals surface area contributed by atoms with Gasteiger partial charge in [-0.15, -0.1) is 0 Å². The monoisotopic (exact) mass is 511 g/mol. The second kappa shape index (κ2) is 11.3. The second-order valence-corrected chi connectivity index (χ2v) is 7.80. The minimum absolute atomic E-state index is 0.227. The Balaban J connectivity index is 1.74. The number of hydrogen-bond donors (Lipinski definition) is 1. The zero-order valence-electron chi connectivity index (χ0n) is 17.1. The van der Waals surface area contributed by atoms with Crippen LogP contribution in [-0.4, -0.2) is 18.7 Å². The fourth-order valence-electron chi connectivity index (χ4n) is 2.82. The van der Waals surface area contributed by atoms with Crippen LogP contribution in [0.3, 0.4) is 0 Å². The van der Waals surface area contributed by atoms with E-state index in [-0.39, 0.29) is 12.5 Å². The molecule has 1 N–H and O–H groups in total. The van der Waals surface area contributed by atoms with Crippen LogP contribution >= 0.6 is 27.5 Å². The summed E-state index contributed by atoms with van der Waals surface area (Å²) in [4.78, 5) is 12.3. The number of carbonyl (C=O) groups is 1. The fraction of sp³-hybridized carbons (Fsp3) is 0.125. The molecule has 0 radical (unpaired) electrons. The van der Waals surface area contributed by atoms with E-state index in [0.29, 0.717) is 44.3 Å². The fourth-order valence-corrected chi connectivity index (χ4v) is 3.56. The van der Waals surface area contributed by atoms with E-state index in [9.17, 15) is 4.79 Å². The van der Waals surface area contributed by atoms with Gasteiger partial charge in [-0.25, -0.2) is 5.43 Å². The van der Waals surface area contributed by atoms with E-state index < -0.39 is 0 Å². The van der Waals surface area contributed by atoms with Gasteiger partial charge in [0.15, 0.2) is 11.5 Å². The first-order valence-electron chi connectivity index (χ1n) is 9.68. The number of halogens is 2. The zero-order valence-corrected chi connectivity index (χ0v) is 19.5. The van der Waals surface area contributed by atoms with E-state index in [2.05, 4.69) is 32.5 Å². The molecule has 0 aliphatic rings. The Kier molecular flexibility index (Phi) is 8.26. The molecule has 6 nitrogen and oxygen atoms in total. The number of ether oxygens (including phenoxy) is 2. The third-order valence-electron chi connectivity index (χ3n) is 4.27. The van der Waals surface area contributed by atoms with Crippen LogP contribution in [0.4, 0.5) is 0 Å². The van der Waals surface area contributed by atoms with Gasteiger partial charge in [-0.05, 0) is 70.4 Å². The Morgan fingerprint density at radius 1 is 1.19 bits per heavy atom. The molecule has 3 aromatic carbocycles. The maximum atomic E-state index is 12.3. The summed E-state index contributed by atoms with van der Waals surface area (Å²) in [6.45, 7) is 2.49. The SMILES string of the molecule is CCOc1cc(/C=N/NC(=O)c2ccccc2Br)cc(Cl)c1OCc1cccc(C#N)c1. The lowest BCUT2D eigenvalue weighted by Gasteiger charge is -2.14. The molecule has 8 heteroatoms. The molecule has 0 saturated carbocycles. The topological polar surface area (TPSA) is 83.7 Å². The van der Waals surface area contributed by atoms with Gasteiger partial charge in [0.05, 0.1) is 35.0 Å². The lowest BCUT2D eigenvalue weighted by Crippen LogP contribution is -2.18. The molecule has 0 bridgehead atoms. The summed E-state index contributed by atoms with van der Waals surface area (Å²) in [5, 5.41) is 13.4. The van der Waals surface area contributed by atoms with E-state index in [1.165, 1.54) is 6.21 Å². The first-order chi connectivity index (χ1) is 15.5. The Hall–Kier alpha value is -3.34. The van der Waals surface area contributed by atoms with Crippen molar-refractivity contribution in [1.29, 1.82) is 5.26 Å². The van der Waals surface area contributed by atoms with Crippen molar-refractivity contribution >= 4 is 39.7 Å². The average molecular weight is 513 g/mol. The van der Waals surface area contributed by atoms with Crippen molar-refractivity contribution in [3.05, 3.63) is 92.4 Å². The van der Waals surface area contributed by atoms with Crippen molar-refractivity contribution in [1.82, 2.24) is 5.43 Å². The molecular formula is C24H19BrClN3O3. The van der Waals surface area contributed by atoms with Crippen LogP contribution in [0.5, 0.6) is 11.5 Å². The van der Waals surface area contributed by atoms with Gasteiger partial charge in [0.2, 0.25) is 0 Å². The number of nitrogens with one attached hydrogen (secondary N) is 1. The van der Waals surface area contributed by atoms with Crippen molar-refractivity contribution in [3.8, 4) is 17.6 Å². The number of hydrazone groups is 1. The molecule has 0 aliphatic carbocycles. The summed E-state index contributed by atoms with van der Waals surface area (Å²) < 4.78 is 12.3. The molecule has 0 spiro atoms. The highest BCUT2D eigenvalue weighted by Gasteiger charge is 2.13. The average Bonchev–Trinajstić information content (AvgIpc) is 2.79. The summed E-state index contributed by atoms with van der Waals surface area (Å²) in [7, 11) is 0. The molecule has 3 aromatic rings. The van der Waals surface area contributed by atoms with Crippen LogP contribution in [-0.2, 0) is 6.61 Å². The molecule has 0 aromatic heterocycles. The number of amides is 1. The van der Waals surface area contributed by atoms with E-state index >= 15 is 0 Å². The number of hydrogen-bond acceptors (Lipinski definition) is 5.